The van der Waals surface area contributed by atoms with E-state index in [4.69, 9.17) is 21.4 Å². The van der Waals surface area contributed by atoms with Gasteiger partial charge in [0.05, 0.1) is 62.4 Å². The fourth-order valence-corrected chi connectivity index (χ4v) is 7.09. The number of halogens is 4. The summed E-state index contributed by atoms with van der Waals surface area (Å²) in [4.78, 5) is 13.1. The second-order valence-electron chi connectivity index (χ2n) is 11.2. The standard InChI is InChI=1S/C32H38ClF3N4O8S2.Na/c1-4-37-26-14-13-23(22-48-47-3)19-27(26)39(15-9-17-49(41,42)43)30(37)11-7-6-8-12-31-38(5-2)29-21-25(33)24(32(34,35)36)20-28(29)40(31)16-10-18-50(44,45)46;/h6-8,11-14,19-21H,4-5,9-10,15-18,22H2,1-3H3,(H-,41,42,43,44,45,46);/q;+1/p-1. The molecule has 0 N–H and O–H groups in total. The van der Waals surface area contributed by atoms with Gasteiger partial charge in [-0.3, -0.25) is 0 Å². The SMILES string of the molecule is CCN1\C(=C/C=C/C=C/c2n(CCCS(=O)(=O)[O-])c3cc(COOC)ccc3[n+]2CC)N(CCCS(=O)(=O)[O-])c2cc(C(F)(F)F)c(Cl)cc21.[Na+]. The van der Waals surface area contributed by atoms with Crippen molar-refractivity contribution in [3.05, 3.63) is 82.4 Å². The van der Waals surface area contributed by atoms with Gasteiger partial charge < -0.3 is 18.9 Å². The number of benzene rings is 2. The molecule has 19 heteroatoms. The fraction of sp³-hybridized carbons (Fsp3) is 0.406. The van der Waals surface area contributed by atoms with Crippen LogP contribution in [0.15, 0.2) is 60.5 Å². The smallest absolute Gasteiger partial charge is 0.748 e. The monoisotopic (exact) mass is 784 g/mol. The van der Waals surface area contributed by atoms with Gasteiger partial charge in [-0.2, -0.15) is 13.2 Å². The maximum absolute atomic E-state index is 13.8. The summed E-state index contributed by atoms with van der Waals surface area (Å²) in [5, 5.41) is -0.484. The van der Waals surface area contributed by atoms with Crippen molar-refractivity contribution in [2.24, 2.45) is 0 Å². The molecule has 51 heavy (non-hydrogen) atoms. The molecule has 0 unspecified atom stereocenters. The van der Waals surface area contributed by atoms with E-state index in [1.54, 1.807) is 36.1 Å². The Kier molecular flexibility index (Phi) is 15.2. The molecule has 1 aliphatic rings. The minimum Gasteiger partial charge on any atom is -0.748 e. The van der Waals surface area contributed by atoms with Crippen molar-refractivity contribution in [1.82, 2.24) is 4.57 Å². The molecule has 4 rings (SSSR count). The van der Waals surface area contributed by atoms with Crippen LogP contribution in [0.3, 0.4) is 0 Å². The zero-order valence-electron chi connectivity index (χ0n) is 28.5. The maximum atomic E-state index is 13.8. The molecule has 2 aromatic carbocycles. The van der Waals surface area contributed by atoms with Crippen LogP contribution in [-0.4, -0.2) is 62.2 Å². The van der Waals surface area contributed by atoms with Crippen LogP contribution < -0.4 is 43.9 Å². The first-order valence-electron chi connectivity index (χ1n) is 15.6. The molecule has 274 valence electrons. The van der Waals surface area contributed by atoms with Gasteiger partial charge >= 0.3 is 35.7 Å². The van der Waals surface area contributed by atoms with Crippen LogP contribution in [0.5, 0.6) is 0 Å². The quantitative estimate of drug-likeness (QED) is 0.0530. The number of hydrogen-bond donors (Lipinski definition) is 0. The molecule has 2 heterocycles. The van der Waals surface area contributed by atoms with Crippen LogP contribution in [0, 0.1) is 0 Å². The Labute approximate surface area is 322 Å². The summed E-state index contributed by atoms with van der Waals surface area (Å²) in [5.41, 5.74) is 1.98. The van der Waals surface area contributed by atoms with Crippen molar-refractivity contribution in [2.75, 3.05) is 41.5 Å². The summed E-state index contributed by atoms with van der Waals surface area (Å²) in [7, 11) is -7.59. The first kappa shape index (κ1) is 43.0. The molecule has 1 aliphatic heterocycles. The minimum absolute atomic E-state index is 0. The summed E-state index contributed by atoms with van der Waals surface area (Å²) >= 11 is 6.04. The Hall–Kier alpha value is -2.45. The summed E-state index contributed by atoms with van der Waals surface area (Å²) in [6.45, 7) is 5.00. The van der Waals surface area contributed by atoms with Gasteiger partial charge in [0.25, 0.3) is 5.82 Å². The predicted octanol–water partition coefficient (Wildman–Crippen LogP) is 2.33. The average molecular weight is 785 g/mol. The number of fused-ring (bicyclic) bond motifs is 2. The second-order valence-corrected chi connectivity index (χ2v) is 14.7. The average Bonchev–Trinajstić information content (AvgIpc) is 3.47. The molecule has 0 spiro atoms. The van der Waals surface area contributed by atoms with Crippen LogP contribution in [0.2, 0.25) is 5.02 Å². The number of nitrogens with zero attached hydrogens (tertiary/aromatic N) is 4. The van der Waals surface area contributed by atoms with Crippen LogP contribution >= 0.6 is 11.6 Å². The number of rotatable bonds is 16. The van der Waals surface area contributed by atoms with Crippen LogP contribution in [-0.2, 0) is 55.9 Å². The molecule has 0 fully saturated rings. The first-order chi connectivity index (χ1) is 23.5. The number of allylic oxidation sites excluding steroid dienone is 4. The molecule has 0 aliphatic carbocycles. The maximum Gasteiger partial charge on any atom is 1.00 e. The topological polar surface area (TPSA) is 148 Å². The van der Waals surface area contributed by atoms with E-state index in [2.05, 4.69) is 0 Å². The summed E-state index contributed by atoms with van der Waals surface area (Å²) in [6.07, 6.45) is 3.79. The Bertz CT molecular complexity index is 2020. The van der Waals surface area contributed by atoms with Crippen molar-refractivity contribution < 1.29 is 83.0 Å². The van der Waals surface area contributed by atoms with E-state index in [1.165, 1.54) is 18.1 Å². The molecule has 0 amide bonds. The summed E-state index contributed by atoms with van der Waals surface area (Å²) in [6, 6.07) is 7.82. The van der Waals surface area contributed by atoms with Gasteiger partial charge in [-0.05, 0) is 62.6 Å². The first-order valence-corrected chi connectivity index (χ1v) is 19.1. The molecule has 0 saturated carbocycles. The van der Waals surface area contributed by atoms with Crippen LogP contribution in [0.4, 0.5) is 24.5 Å². The van der Waals surface area contributed by atoms with Crippen molar-refractivity contribution in [3.8, 4) is 0 Å². The molecule has 12 nitrogen and oxygen atoms in total. The van der Waals surface area contributed by atoms with E-state index >= 15 is 0 Å². The Morgan fingerprint density at radius 1 is 0.922 bits per heavy atom. The van der Waals surface area contributed by atoms with E-state index in [0.717, 1.165) is 22.7 Å². The van der Waals surface area contributed by atoms with Gasteiger partial charge in [0, 0.05) is 30.7 Å². The van der Waals surface area contributed by atoms with Crippen LogP contribution in [0.25, 0.3) is 17.1 Å². The molecule has 0 atom stereocenters. The van der Waals surface area contributed by atoms with E-state index in [9.17, 15) is 39.1 Å². The number of hydrogen-bond acceptors (Lipinski definition) is 10. The van der Waals surface area contributed by atoms with Gasteiger partial charge in [-0.25, -0.2) is 35.7 Å². The van der Waals surface area contributed by atoms with Gasteiger partial charge in [0.1, 0.15) is 12.4 Å². The number of imidazole rings is 1. The molecular weight excluding hydrogens is 748 g/mol. The van der Waals surface area contributed by atoms with Gasteiger partial charge in [-0.1, -0.05) is 35.9 Å². The third kappa shape index (κ3) is 11.0. The molecule has 1 aromatic heterocycles. The summed E-state index contributed by atoms with van der Waals surface area (Å²) < 4.78 is 113. The number of alkyl halides is 3. The molecule has 0 radical (unpaired) electrons. The largest absolute Gasteiger partial charge is 1.00 e. The third-order valence-electron chi connectivity index (χ3n) is 7.92. The van der Waals surface area contributed by atoms with E-state index in [1.807, 2.05) is 40.3 Å². The predicted molar refractivity (Wildman–Crippen MR) is 181 cm³/mol. The Morgan fingerprint density at radius 2 is 1.57 bits per heavy atom. The van der Waals surface area contributed by atoms with Crippen molar-refractivity contribution >= 4 is 60.3 Å². The zero-order valence-corrected chi connectivity index (χ0v) is 32.9. The van der Waals surface area contributed by atoms with E-state index in [0.29, 0.717) is 30.4 Å². The normalized spacial score (nSPS) is 14.8. The number of aryl methyl sites for hydroxylation is 2. The zero-order chi connectivity index (χ0) is 36.9. The number of aromatic nitrogens is 2. The number of anilines is 2. The van der Waals surface area contributed by atoms with Crippen molar-refractivity contribution in [3.63, 3.8) is 0 Å². The van der Waals surface area contributed by atoms with Gasteiger partial charge in [-0.15, -0.1) is 0 Å². The Morgan fingerprint density at radius 3 is 2.16 bits per heavy atom. The van der Waals surface area contributed by atoms with Crippen LogP contribution in [0.1, 0.15) is 43.6 Å². The van der Waals surface area contributed by atoms with Gasteiger partial charge in [0.2, 0.25) is 0 Å². The minimum atomic E-state index is -4.73. The molecular formula is C32H37ClF3N4NaO8S2. The van der Waals surface area contributed by atoms with Gasteiger partial charge in [0.15, 0.2) is 11.0 Å². The van der Waals surface area contributed by atoms with E-state index < -0.39 is 48.5 Å². The van der Waals surface area contributed by atoms with E-state index in [-0.39, 0.29) is 67.8 Å². The second kappa shape index (κ2) is 18.1. The third-order valence-corrected chi connectivity index (χ3v) is 9.81. The Balaban J connectivity index is 0.00000702. The molecule has 0 bridgehead atoms. The molecule has 0 saturated heterocycles. The molecule has 3 aromatic rings. The summed E-state index contributed by atoms with van der Waals surface area (Å²) in [5.74, 6) is -0.0614. The fourth-order valence-electron chi connectivity index (χ4n) is 5.86. The van der Waals surface area contributed by atoms with Crippen molar-refractivity contribution in [2.45, 2.75) is 52.6 Å². The van der Waals surface area contributed by atoms with Crippen molar-refractivity contribution in [1.29, 1.82) is 0 Å².